The molecule has 146 valence electrons. The fourth-order valence-electron chi connectivity index (χ4n) is 6.90. The molecule has 5 heteroatoms. The second kappa shape index (κ2) is 9.59. The van der Waals surface area contributed by atoms with Crippen LogP contribution in [0.3, 0.4) is 0 Å². The maximum atomic E-state index is 12.9. The fraction of sp³-hybridized carbons (Fsp3) is 0.905. The molecule has 0 heterocycles. The molecule has 26 heavy (non-hydrogen) atoms. The summed E-state index contributed by atoms with van der Waals surface area (Å²) >= 11 is 0. The molecule has 0 spiro atoms. The van der Waals surface area contributed by atoms with Crippen molar-refractivity contribution in [1.82, 2.24) is 0 Å². The molecule has 0 aliphatic heterocycles. The van der Waals surface area contributed by atoms with Crippen LogP contribution in [0.25, 0.3) is 0 Å². The first-order chi connectivity index (χ1) is 12.7. The molecule has 3 aliphatic carbocycles. The zero-order valence-corrected chi connectivity index (χ0v) is 17.7. The van der Waals surface area contributed by atoms with Gasteiger partial charge < -0.3 is 4.74 Å². The summed E-state index contributed by atoms with van der Waals surface area (Å²) in [7, 11) is -0.147. The van der Waals surface area contributed by atoms with Crippen molar-refractivity contribution in [2.75, 3.05) is 7.11 Å². The smallest absolute Gasteiger partial charge is 0.356 e. The van der Waals surface area contributed by atoms with E-state index in [4.69, 9.17) is 4.74 Å². The van der Waals surface area contributed by atoms with Crippen LogP contribution < -0.4 is 0 Å². The molecule has 1 atom stereocenters. The van der Waals surface area contributed by atoms with Crippen molar-refractivity contribution in [2.45, 2.75) is 113 Å². The van der Waals surface area contributed by atoms with Crippen molar-refractivity contribution in [1.29, 1.82) is 5.26 Å². The highest BCUT2D eigenvalue weighted by Gasteiger charge is 2.59. The first kappa shape index (κ1) is 20.2. The Bertz CT molecular complexity index is 457. The second-order valence-corrected chi connectivity index (χ2v) is 13.9. The zero-order chi connectivity index (χ0) is 18.4. The molecule has 0 radical (unpaired) electrons. The number of ether oxygens (including phenoxy) is 1. The topological polar surface area (TPSA) is 50.1 Å². The minimum absolute atomic E-state index is 0.123. The first-order valence-electron chi connectivity index (χ1n) is 11.3. The SMILES string of the molecule is COC(=O)[B@@H-](C#N)[P+](C1CCCCC1)(C1CCCCC1)C1CCCCC1. The van der Waals surface area contributed by atoms with Gasteiger partial charge in [0.1, 0.15) is 0 Å². The summed E-state index contributed by atoms with van der Waals surface area (Å²) in [5.74, 6) is 2.52. The van der Waals surface area contributed by atoms with Crippen LogP contribution in [-0.2, 0) is 4.74 Å². The summed E-state index contributed by atoms with van der Waals surface area (Å²) in [6, 6.07) is 0. The van der Waals surface area contributed by atoms with Gasteiger partial charge in [-0.15, -0.1) is 7.14 Å². The summed E-state index contributed by atoms with van der Waals surface area (Å²) in [4.78, 5) is 12.9. The summed E-state index contributed by atoms with van der Waals surface area (Å²) < 4.78 is 5.29. The predicted molar refractivity (Wildman–Crippen MR) is 113 cm³/mol. The third-order valence-electron chi connectivity index (χ3n) is 7.96. The van der Waals surface area contributed by atoms with E-state index in [0.29, 0.717) is 17.0 Å². The summed E-state index contributed by atoms with van der Waals surface area (Å²) in [5.41, 5.74) is 2.04. The molecule has 0 unspecified atom stereocenters. The van der Waals surface area contributed by atoms with Gasteiger partial charge in [-0.05, 0) is 77.0 Å². The Morgan fingerprint density at radius 3 is 1.42 bits per heavy atom. The van der Waals surface area contributed by atoms with Crippen LogP contribution in [0.4, 0.5) is 4.79 Å². The number of carbonyl (C=O) groups is 1. The Balaban J connectivity index is 2.07. The summed E-state index contributed by atoms with van der Waals surface area (Å²) in [6.07, 6.45) is 18.1. The number of nitrogens with zero attached hydrogens (tertiary/aromatic N) is 1. The van der Waals surface area contributed by atoms with Crippen LogP contribution in [-0.4, -0.2) is 36.4 Å². The Morgan fingerprint density at radius 2 is 1.15 bits per heavy atom. The van der Waals surface area contributed by atoms with Gasteiger partial charge in [-0.2, -0.15) is 0 Å². The van der Waals surface area contributed by atoms with E-state index in [-0.39, 0.29) is 5.87 Å². The average Bonchev–Trinajstić information content (AvgIpc) is 2.73. The molecule has 0 N–H and O–H groups in total. The van der Waals surface area contributed by atoms with Gasteiger partial charge in [0.2, 0.25) is 0 Å². The van der Waals surface area contributed by atoms with E-state index < -0.39 is 13.6 Å². The number of carbonyl (C=O) groups excluding carboxylic acids is 1. The Morgan fingerprint density at radius 1 is 0.808 bits per heavy atom. The van der Waals surface area contributed by atoms with Crippen molar-refractivity contribution in [2.24, 2.45) is 0 Å². The first-order valence-corrected chi connectivity index (χ1v) is 13.5. The van der Waals surface area contributed by atoms with E-state index in [2.05, 4.69) is 5.97 Å². The van der Waals surface area contributed by atoms with Crippen molar-refractivity contribution in [3.05, 3.63) is 0 Å². The molecule has 3 fully saturated rings. The van der Waals surface area contributed by atoms with Crippen molar-refractivity contribution in [3.8, 4) is 5.97 Å². The minimum atomic E-state index is -1.66. The molecular weight excluding hydrogens is 340 g/mol. The lowest BCUT2D eigenvalue weighted by atomic mass is 9.78. The van der Waals surface area contributed by atoms with Crippen molar-refractivity contribution >= 4 is 19.4 Å². The van der Waals surface area contributed by atoms with Gasteiger partial charge in [0.15, 0.2) is 5.87 Å². The maximum Gasteiger partial charge on any atom is 0.356 e. The third-order valence-corrected chi connectivity index (χ3v) is 15.1. The standard InChI is InChI=1S/C21H37BNO2P/c1-25-21(24)22(17-23)26(18-11-5-2-6-12-18,19-13-7-3-8-14-19)20-15-9-4-10-16-20/h18-20,22H,2-16H2,1H3/t22-/m1/s1. The van der Waals surface area contributed by atoms with Crippen LogP contribution in [0.5, 0.6) is 0 Å². The molecule has 0 amide bonds. The molecule has 0 bridgehead atoms. The molecule has 0 saturated heterocycles. The molecule has 3 rings (SSSR count). The Hall–Kier alpha value is -0.545. The lowest BCUT2D eigenvalue weighted by Gasteiger charge is -2.55. The van der Waals surface area contributed by atoms with Crippen LogP contribution in [0, 0.1) is 11.2 Å². The van der Waals surface area contributed by atoms with E-state index >= 15 is 0 Å². The highest BCUT2D eigenvalue weighted by Crippen LogP contribution is 2.78. The van der Waals surface area contributed by atoms with Crippen LogP contribution in [0.2, 0.25) is 0 Å². The monoisotopic (exact) mass is 377 g/mol. The quantitative estimate of drug-likeness (QED) is 0.427. The van der Waals surface area contributed by atoms with Gasteiger partial charge in [0.05, 0.1) is 7.11 Å². The van der Waals surface area contributed by atoms with Gasteiger partial charge in [0.25, 0.3) is 0 Å². The van der Waals surface area contributed by atoms with Gasteiger partial charge in [-0.25, -0.2) is 5.26 Å². The molecule has 3 saturated carbocycles. The maximum absolute atomic E-state index is 12.9. The minimum Gasteiger partial charge on any atom is -0.498 e. The molecule has 3 aliphatic rings. The lowest BCUT2D eigenvalue weighted by molar-refractivity contribution is 0.197. The fourth-order valence-corrected chi connectivity index (χ4v) is 15.0. The lowest BCUT2D eigenvalue weighted by Crippen LogP contribution is -2.46. The summed E-state index contributed by atoms with van der Waals surface area (Å²) in [6.45, 7) is 0. The van der Waals surface area contributed by atoms with Gasteiger partial charge >= 0.3 is 6.43 Å². The van der Waals surface area contributed by atoms with Gasteiger partial charge in [-0.3, -0.25) is 4.79 Å². The molecule has 0 aromatic heterocycles. The normalized spacial score (nSPS) is 25.4. The number of nitriles is 1. The highest BCUT2D eigenvalue weighted by molar-refractivity contribution is 8.10. The summed E-state index contributed by atoms with van der Waals surface area (Å²) in [5, 5.41) is 10.3. The highest BCUT2D eigenvalue weighted by atomic mass is 31.2. The Kier molecular flexibility index (Phi) is 7.45. The number of hydrogen-bond donors (Lipinski definition) is 0. The van der Waals surface area contributed by atoms with E-state index in [1.807, 2.05) is 0 Å². The van der Waals surface area contributed by atoms with E-state index in [9.17, 15) is 10.1 Å². The third kappa shape index (κ3) is 3.85. The molecular formula is C21H37BNO2P. The zero-order valence-electron chi connectivity index (χ0n) is 16.8. The average molecular weight is 377 g/mol. The Labute approximate surface area is 161 Å². The van der Waals surface area contributed by atoms with Crippen LogP contribution >= 0.6 is 7.14 Å². The van der Waals surface area contributed by atoms with E-state index in [0.717, 1.165) is 0 Å². The molecule has 0 aromatic carbocycles. The van der Waals surface area contributed by atoms with Gasteiger partial charge in [-0.1, -0.05) is 25.2 Å². The van der Waals surface area contributed by atoms with E-state index in [1.54, 1.807) is 0 Å². The van der Waals surface area contributed by atoms with Crippen LogP contribution in [0.1, 0.15) is 96.3 Å². The largest absolute Gasteiger partial charge is 0.498 e. The van der Waals surface area contributed by atoms with Crippen molar-refractivity contribution in [3.63, 3.8) is 0 Å². The second-order valence-electron chi connectivity index (χ2n) is 9.10. The molecule has 0 aromatic rings. The number of rotatable bonds is 5. The van der Waals surface area contributed by atoms with Gasteiger partial charge in [0, 0.05) is 17.0 Å². The predicted octanol–water partition coefficient (Wildman–Crippen LogP) is 6.14. The number of methoxy groups -OCH3 is 1. The van der Waals surface area contributed by atoms with Crippen LogP contribution in [0.15, 0.2) is 0 Å². The van der Waals surface area contributed by atoms with E-state index in [1.165, 1.54) is 103 Å². The van der Waals surface area contributed by atoms with Crippen molar-refractivity contribution < 1.29 is 9.53 Å². The molecule has 3 nitrogen and oxygen atoms in total. The number of hydrogen-bond acceptors (Lipinski definition) is 3.